The van der Waals surface area contributed by atoms with Gasteiger partial charge in [-0.25, -0.2) is 0 Å². The highest BCUT2D eigenvalue weighted by Crippen LogP contribution is 2.22. The second kappa shape index (κ2) is 5.21. The summed E-state index contributed by atoms with van der Waals surface area (Å²) in [7, 11) is 1.84. The quantitative estimate of drug-likeness (QED) is 0.781. The van der Waals surface area contributed by atoms with E-state index in [0.29, 0.717) is 12.4 Å². The van der Waals surface area contributed by atoms with E-state index >= 15 is 0 Å². The lowest BCUT2D eigenvalue weighted by atomic mass is 10.5. The zero-order chi connectivity index (χ0) is 9.68. The molecule has 72 valence electrons. The maximum Gasteiger partial charge on any atom is 0.193 e. The monoisotopic (exact) mass is 221 g/mol. The first-order valence-electron chi connectivity index (χ1n) is 3.70. The van der Waals surface area contributed by atoms with E-state index in [1.807, 2.05) is 7.05 Å². The summed E-state index contributed by atoms with van der Waals surface area (Å²) in [4.78, 5) is 0. The summed E-state index contributed by atoms with van der Waals surface area (Å²) in [5.74, 6) is 0.455. The van der Waals surface area contributed by atoms with Crippen LogP contribution in [0.15, 0.2) is 6.07 Å². The van der Waals surface area contributed by atoms with Crippen molar-refractivity contribution in [1.29, 1.82) is 0 Å². The van der Waals surface area contributed by atoms with Crippen LogP contribution in [-0.4, -0.2) is 30.4 Å². The molecule has 1 N–H and O–H groups in total. The molecule has 0 radical (unpaired) electrons. The van der Waals surface area contributed by atoms with E-state index in [1.54, 1.807) is 0 Å². The van der Waals surface area contributed by atoms with Crippen LogP contribution in [0.25, 0.3) is 0 Å². The molecule has 0 unspecified atom stereocenters. The predicted octanol–water partition coefficient (Wildman–Crippen LogP) is 1.38. The van der Waals surface area contributed by atoms with Crippen molar-refractivity contribution in [2.75, 3.05) is 20.2 Å². The summed E-state index contributed by atoms with van der Waals surface area (Å²) >= 11 is 11.3. The molecular weight excluding hydrogens is 213 g/mol. The predicted molar refractivity (Wildman–Crippen MR) is 51.5 cm³/mol. The van der Waals surface area contributed by atoms with E-state index in [4.69, 9.17) is 27.9 Å². The molecule has 0 amide bonds. The molecule has 4 nitrogen and oxygen atoms in total. The van der Waals surface area contributed by atoms with E-state index in [1.165, 1.54) is 6.07 Å². The smallest absolute Gasteiger partial charge is 0.193 e. The Hall–Kier alpha value is -0.580. The van der Waals surface area contributed by atoms with Gasteiger partial charge in [-0.15, -0.1) is 10.2 Å². The van der Waals surface area contributed by atoms with Gasteiger partial charge in [0.15, 0.2) is 16.1 Å². The molecule has 0 bridgehead atoms. The number of aromatic nitrogens is 2. The first kappa shape index (κ1) is 10.5. The number of hydrogen-bond acceptors (Lipinski definition) is 4. The van der Waals surface area contributed by atoms with Gasteiger partial charge in [0.05, 0.1) is 0 Å². The summed E-state index contributed by atoms with van der Waals surface area (Å²) in [5.41, 5.74) is 0. The van der Waals surface area contributed by atoms with Crippen LogP contribution >= 0.6 is 23.2 Å². The topological polar surface area (TPSA) is 47.0 Å². The summed E-state index contributed by atoms with van der Waals surface area (Å²) in [6.07, 6.45) is 0. The SMILES string of the molecule is CNCCOc1cc(Cl)nnc1Cl. The molecule has 0 aliphatic heterocycles. The minimum absolute atomic E-state index is 0.223. The summed E-state index contributed by atoms with van der Waals surface area (Å²) in [6, 6.07) is 1.53. The largest absolute Gasteiger partial charge is 0.489 e. The van der Waals surface area contributed by atoms with Crippen molar-refractivity contribution in [1.82, 2.24) is 15.5 Å². The van der Waals surface area contributed by atoms with Crippen LogP contribution in [0.5, 0.6) is 5.75 Å². The summed E-state index contributed by atoms with van der Waals surface area (Å²) < 4.78 is 5.28. The van der Waals surface area contributed by atoms with Gasteiger partial charge in [-0.2, -0.15) is 0 Å². The van der Waals surface area contributed by atoms with Crippen LogP contribution in [0.2, 0.25) is 10.3 Å². The molecule has 1 heterocycles. The molecule has 13 heavy (non-hydrogen) atoms. The first-order chi connectivity index (χ1) is 6.24. The van der Waals surface area contributed by atoms with Crippen LogP contribution in [0, 0.1) is 0 Å². The van der Waals surface area contributed by atoms with Crippen LogP contribution in [-0.2, 0) is 0 Å². The lowest BCUT2D eigenvalue weighted by Gasteiger charge is -2.05. The van der Waals surface area contributed by atoms with Gasteiger partial charge in [0.1, 0.15) is 6.61 Å². The number of hydrogen-bond donors (Lipinski definition) is 1. The van der Waals surface area contributed by atoms with Crippen molar-refractivity contribution in [2.24, 2.45) is 0 Å². The van der Waals surface area contributed by atoms with Gasteiger partial charge in [0, 0.05) is 12.6 Å². The molecule has 0 fully saturated rings. The van der Waals surface area contributed by atoms with Crippen LogP contribution in [0.1, 0.15) is 0 Å². The second-order valence-corrected chi connectivity index (χ2v) is 3.02. The highest BCUT2D eigenvalue weighted by molar-refractivity contribution is 6.32. The number of nitrogens with zero attached hydrogens (tertiary/aromatic N) is 2. The Labute approximate surface area is 86.2 Å². The molecule has 1 rings (SSSR count). The average molecular weight is 222 g/mol. The maximum absolute atomic E-state index is 5.70. The molecule has 6 heteroatoms. The van der Waals surface area contributed by atoms with E-state index in [2.05, 4.69) is 15.5 Å². The fourth-order valence-corrected chi connectivity index (χ4v) is 0.986. The van der Waals surface area contributed by atoms with Gasteiger partial charge >= 0.3 is 0 Å². The fourth-order valence-electron chi connectivity index (χ4n) is 0.702. The third-order valence-corrected chi connectivity index (χ3v) is 1.74. The molecular formula is C7H9Cl2N3O. The van der Waals surface area contributed by atoms with Crippen molar-refractivity contribution < 1.29 is 4.74 Å². The minimum atomic E-state index is 0.223. The van der Waals surface area contributed by atoms with Crippen LogP contribution < -0.4 is 10.1 Å². The van der Waals surface area contributed by atoms with Gasteiger partial charge in [-0.1, -0.05) is 23.2 Å². The number of nitrogens with one attached hydrogen (secondary N) is 1. The molecule has 0 spiro atoms. The zero-order valence-corrected chi connectivity index (χ0v) is 8.56. The number of rotatable bonds is 4. The Morgan fingerprint density at radius 2 is 2.23 bits per heavy atom. The standard InChI is InChI=1S/C7H9Cl2N3O/c1-10-2-3-13-5-4-6(8)11-12-7(5)9/h4,10H,2-3H2,1H3. The third kappa shape index (κ3) is 3.34. The Morgan fingerprint density at radius 3 is 2.92 bits per heavy atom. The Kier molecular flexibility index (Phi) is 4.21. The third-order valence-electron chi connectivity index (χ3n) is 1.30. The van der Waals surface area contributed by atoms with Gasteiger partial charge in [-0.05, 0) is 7.05 Å². The molecule has 0 saturated heterocycles. The highest BCUT2D eigenvalue weighted by atomic mass is 35.5. The van der Waals surface area contributed by atoms with E-state index in [9.17, 15) is 0 Å². The lowest BCUT2D eigenvalue weighted by molar-refractivity contribution is 0.316. The van der Waals surface area contributed by atoms with E-state index in [0.717, 1.165) is 6.54 Å². The normalized spacial score (nSPS) is 10.1. The summed E-state index contributed by atoms with van der Waals surface area (Å²) in [6.45, 7) is 1.24. The highest BCUT2D eigenvalue weighted by Gasteiger charge is 2.04. The number of halogens is 2. The lowest BCUT2D eigenvalue weighted by Crippen LogP contribution is -2.16. The molecule has 0 aromatic carbocycles. The molecule has 0 saturated carbocycles. The molecule has 0 aliphatic rings. The van der Waals surface area contributed by atoms with Gasteiger partial charge in [0.25, 0.3) is 0 Å². The van der Waals surface area contributed by atoms with E-state index in [-0.39, 0.29) is 10.3 Å². The van der Waals surface area contributed by atoms with Crippen LogP contribution in [0.4, 0.5) is 0 Å². The van der Waals surface area contributed by atoms with Crippen LogP contribution in [0.3, 0.4) is 0 Å². The minimum Gasteiger partial charge on any atom is -0.489 e. The van der Waals surface area contributed by atoms with Gasteiger partial charge < -0.3 is 10.1 Å². The van der Waals surface area contributed by atoms with E-state index < -0.39 is 0 Å². The average Bonchev–Trinajstić information content (AvgIpc) is 2.11. The molecule has 1 aromatic heterocycles. The molecule has 1 aromatic rings. The Morgan fingerprint density at radius 1 is 1.46 bits per heavy atom. The number of ether oxygens (including phenoxy) is 1. The van der Waals surface area contributed by atoms with Gasteiger partial charge in [0.2, 0.25) is 0 Å². The van der Waals surface area contributed by atoms with Crippen molar-refractivity contribution in [3.8, 4) is 5.75 Å². The summed E-state index contributed by atoms with van der Waals surface area (Å²) in [5, 5.41) is 10.6. The molecule has 0 aliphatic carbocycles. The first-order valence-corrected chi connectivity index (χ1v) is 4.45. The number of likely N-dealkylation sites (N-methyl/N-ethyl adjacent to an activating group) is 1. The zero-order valence-electron chi connectivity index (χ0n) is 7.05. The molecule has 0 atom stereocenters. The van der Waals surface area contributed by atoms with Crippen molar-refractivity contribution in [3.05, 3.63) is 16.4 Å². The second-order valence-electron chi connectivity index (χ2n) is 2.27. The van der Waals surface area contributed by atoms with Crippen molar-refractivity contribution in [3.63, 3.8) is 0 Å². The fraction of sp³-hybridized carbons (Fsp3) is 0.429. The Bertz CT molecular complexity index is 282. The maximum atomic E-state index is 5.70. The Balaban J connectivity index is 2.59. The van der Waals surface area contributed by atoms with Crippen molar-refractivity contribution >= 4 is 23.2 Å². The van der Waals surface area contributed by atoms with Gasteiger partial charge in [-0.3, -0.25) is 0 Å². The van der Waals surface area contributed by atoms with Crippen molar-refractivity contribution in [2.45, 2.75) is 0 Å².